The fourth-order valence-corrected chi connectivity index (χ4v) is 3.40. The van der Waals surface area contributed by atoms with Gasteiger partial charge in [0.15, 0.2) is 11.6 Å². The van der Waals surface area contributed by atoms with Crippen LogP contribution in [0.15, 0.2) is 42.5 Å². The Hall–Kier alpha value is -1.87. The first-order valence-corrected chi connectivity index (χ1v) is 8.69. The number of hydrogen-bond acceptors (Lipinski definition) is 2. The molecule has 3 rings (SSSR count). The maximum atomic E-state index is 14.5. The number of ether oxygens (including phenoxy) is 1. The molecule has 0 heterocycles. The maximum Gasteiger partial charge on any atom is 0.314 e. The molecule has 0 unspecified atom stereocenters. The summed E-state index contributed by atoms with van der Waals surface area (Å²) in [6.07, 6.45) is 3.63. The monoisotopic (exact) mass is 346 g/mol. The number of rotatable bonds is 3. The predicted molar refractivity (Wildman–Crippen MR) is 93.6 cm³/mol. The Labute approximate surface area is 146 Å². The van der Waals surface area contributed by atoms with Crippen LogP contribution in [0.3, 0.4) is 0 Å². The summed E-state index contributed by atoms with van der Waals surface area (Å²) < 4.78 is 19.8. The second kappa shape index (κ2) is 7.35. The van der Waals surface area contributed by atoms with Crippen LogP contribution in [0.25, 0.3) is 11.1 Å². The molecule has 2 aromatic carbocycles. The minimum absolute atomic E-state index is 0.0243. The second-order valence-corrected chi connectivity index (χ2v) is 6.86. The van der Waals surface area contributed by atoms with E-state index in [9.17, 15) is 9.18 Å². The number of hydrogen-bond donors (Lipinski definition) is 0. The van der Waals surface area contributed by atoms with Crippen molar-refractivity contribution >= 4 is 17.6 Å². The largest absolute Gasteiger partial charge is 0.423 e. The topological polar surface area (TPSA) is 26.3 Å². The normalized spacial score (nSPS) is 20.6. The van der Waals surface area contributed by atoms with E-state index < -0.39 is 5.82 Å². The molecule has 0 bridgehead atoms. The van der Waals surface area contributed by atoms with E-state index in [2.05, 4.69) is 6.92 Å². The molecule has 1 aliphatic rings. The molecule has 1 fully saturated rings. The predicted octanol–water partition coefficient (Wildman–Crippen LogP) is 5.88. The second-order valence-electron chi connectivity index (χ2n) is 6.48. The third-order valence-corrected chi connectivity index (χ3v) is 5.06. The third-order valence-electron chi connectivity index (χ3n) is 4.69. The Bertz CT molecular complexity index is 722. The lowest BCUT2D eigenvalue weighted by Gasteiger charge is -2.24. The Morgan fingerprint density at radius 1 is 1.08 bits per heavy atom. The number of carbonyl (C=O) groups excluding carboxylic acids is 1. The Morgan fingerprint density at radius 2 is 1.75 bits per heavy atom. The third kappa shape index (κ3) is 3.62. The van der Waals surface area contributed by atoms with Gasteiger partial charge < -0.3 is 4.74 Å². The zero-order chi connectivity index (χ0) is 17.1. The molecule has 0 aromatic heterocycles. The molecular weight excluding hydrogens is 327 g/mol. The summed E-state index contributed by atoms with van der Waals surface area (Å²) in [5.41, 5.74) is 1.40. The number of halogens is 2. The molecule has 0 aliphatic heterocycles. The minimum atomic E-state index is -0.685. The van der Waals surface area contributed by atoms with Crippen LogP contribution >= 0.6 is 11.6 Å². The molecular formula is C20H20ClFO2. The van der Waals surface area contributed by atoms with Gasteiger partial charge in [0.25, 0.3) is 0 Å². The molecule has 0 atom stereocenters. The Morgan fingerprint density at radius 3 is 2.42 bits per heavy atom. The van der Waals surface area contributed by atoms with Gasteiger partial charge in [-0.2, -0.15) is 0 Å². The van der Waals surface area contributed by atoms with Crippen LogP contribution in [0, 0.1) is 17.7 Å². The van der Waals surface area contributed by atoms with Crippen molar-refractivity contribution in [1.29, 1.82) is 0 Å². The first-order valence-electron chi connectivity index (χ1n) is 8.31. The van der Waals surface area contributed by atoms with E-state index in [4.69, 9.17) is 16.3 Å². The zero-order valence-electron chi connectivity index (χ0n) is 13.6. The van der Waals surface area contributed by atoms with Gasteiger partial charge in [-0.15, -0.1) is 0 Å². The van der Waals surface area contributed by atoms with Crippen molar-refractivity contribution < 1.29 is 13.9 Å². The molecule has 24 heavy (non-hydrogen) atoms. The fourth-order valence-electron chi connectivity index (χ4n) is 3.14. The van der Waals surface area contributed by atoms with Crippen LogP contribution < -0.4 is 4.74 Å². The van der Waals surface area contributed by atoms with Crippen molar-refractivity contribution in [2.45, 2.75) is 32.6 Å². The molecule has 1 aliphatic carbocycles. The van der Waals surface area contributed by atoms with Crippen LogP contribution in [0.5, 0.6) is 5.75 Å². The standard InChI is InChI=1S/C20H20ClFO2/c1-13-7-9-15(10-8-13)20(23)24-17-12-11-16(18(21)19(17)22)14-5-3-2-4-6-14/h2-6,11-13,15H,7-10H2,1H3. The molecule has 0 radical (unpaired) electrons. The molecule has 0 spiro atoms. The Kier molecular flexibility index (Phi) is 5.20. The van der Waals surface area contributed by atoms with Gasteiger partial charge in [-0.1, -0.05) is 48.9 Å². The van der Waals surface area contributed by atoms with Gasteiger partial charge in [0.05, 0.1) is 10.9 Å². The molecule has 0 saturated heterocycles. The fraction of sp³-hybridized carbons (Fsp3) is 0.350. The summed E-state index contributed by atoms with van der Waals surface area (Å²) in [7, 11) is 0. The van der Waals surface area contributed by atoms with Crippen LogP contribution in [0.2, 0.25) is 5.02 Å². The summed E-state index contributed by atoms with van der Waals surface area (Å²) in [6.45, 7) is 2.18. The molecule has 2 nitrogen and oxygen atoms in total. The van der Waals surface area contributed by atoms with Crippen LogP contribution in [0.4, 0.5) is 4.39 Å². The molecule has 1 saturated carbocycles. The summed E-state index contributed by atoms with van der Waals surface area (Å²) in [4.78, 5) is 12.3. The molecule has 0 N–H and O–H groups in total. The van der Waals surface area contributed by atoms with Gasteiger partial charge in [-0.3, -0.25) is 4.79 Å². The highest BCUT2D eigenvalue weighted by Crippen LogP contribution is 2.36. The summed E-state index contributed by atoms with van der Waals surface area (Å²) in [5.74, 6) is -0.637. The number of benzene rings is 2. The average Bonchev–Trinajstić information content (AvgIpc) is 2.60. The highest BCUT2D eigenvalue weighted by atomic mass is 35.5. The van der Waals surface area contributed by atoms with Crippen LogP contribution in [-0.4, -0.2) is 5.97 Å². The van der Waals surface area contributed by atoms with Gasteiger partial charge in [0.1, 0.15) is 0 Å². The van der Waals surface area contributed by atoms with E-state index in [-0.39, 0.29) is 22.7 Å². The van der Waals surface area contributed by atoms with Gasteiger partial charge in [-0.05, 0) is 49.3 Å². The summed E-state index contributed by atoms with van der Waals surface area (Å²) in [5, 5.41) is -0.0243. The first kappa shape index (κ1) is 17.0. The van der Waals surface area contributed by atoms with Crippen molar-refractivity contribution in [3.8, 4) is 16.9 Å². The SMILES string of the molecule is CC1CCC(C(=O)Oc2ccc(-c3ccccc3)c(Cl)c2F)CC1. The van der Waals surface area contributed by atoms with E-state index in [0.29, 0.717) is 11.5 Å². The van der Waals surface area contributed by atoms with Gasteiger partial charge in [0, 0.05) is 5.56 Å². The van der Waals surface area contributed by atoms with Gasteiger partial charge >= 0.3 is 5.97 Å². The van der Waals surface area contributed by atoms with E-state index in [1.807, 2.05) is 30.3 Å². The van der Waals surface area contributed by atoms with E-state index in [1.54, 1.807) is 6.07 Å². The van der Waals surface area contributed by atoms with Crippen molar-refractivity contribution in [2.75, 3.05) is 0 Å². The molecule has 126 valence electrons. The van der Waals surface area contributed by atoms with Crippen LogP contribution in [-0.2, 0) is 4.79 Å². The lowest BCUT2D eigenvalue weighted by Crippen LogP contribution is -2.25. The number of carbonyl (C=O) groups is 1. The van der Waals surface area contributed by atoms with Crippen molar-refractivity contribution in [1.82, 2.24) is 0 Å². The lowest BCUT2D eigenvalue weighted by atomic mass is 9.83. The van der Waals surface area contributed by atoms with Crippen LogP contribution in [0.1, 0.15) is 32.6 Å². The van der Waals surface area contributed by atoms with Gasteiger partial charge in [-0.25, -0.2) is 4.39 Å². The quantitative estimate of drug-likeness (QED) is 0.512. The number of esters is 1. The van der Waals surface area contributed by atoms with E-state index >= 15 is 0 Å². The minimum Gasteiger partial charge on any atom is -0.423 e. The van der Waals surface area contributed by atoms with Crippen molar-refractivity contribution in [3.05, 3.63) is 53.3 Å². The van der Waals surface area contributed by atoms with Gasteiger partial charge in [0.2, 0.25) is 0 Å². The average molecular weight is 347 g/mol. The first-order chi connectivity index (χ1) is 11.6. The van der Waals surface area contributed by atoms with Crippen molar-refractivity contribution in [3.63, 3.8) is 0 Å². The molecule has 0 amide bonds. The van der Waals surface area contributed by atoms with E-state index in [0.717, 1.165) is 31.2 Å². The Balaban J connectivity index is 1.77. The highest BCUT2D eigenvalue weighted by Gasteiger charge is 2.27. The smallest absolute Gasteiger partial charge is 0.314 e. The lowest BCUT2D eigenvalue weighted by molar-refractivity contribution is -0.140. The maximum absolute atomic E-state index is 14.5. The highest BCUT2D eigenvalue weighted by molar-refractivity contribution is 6.33. The summed E-state index contributed by atoms with van der Waals surface area (Å²) in [6, 6.07) is 12.5. The molecule has 4 heteroatoms. The zero-order valence-corrected chi connectivity index (χ0v) is 14.4. The molecule has 2 aromatic rings. The summed E-state index contributed by atoms with van der Waals surface area (Å²) >= 11 is 6.15. The van der Waals surface area contributed by atoms with Crippen molar-refractivity contribution in [2.24, 2.45) is 11.8 Å². The van der Waals surface area contributed by atoms with E-state index in [1.165, 1.54) is 6.07 Å².